The average molecular weight is 205 g/mol. The highest BCUT2D eigenvalue weighted by Crippen LogP contribution is 2.12. The molecule has 6 heteroatoms. The molecule has 0 rings (SSSR count). The van der Waals surface area contributed by atoms with Crippen LogP contribution in [0.25, 0.3) is 0 Å². The number of hydrogen-bond donors (Lipinski definition) is 3. The maximum absolute atomic E-state index is 10.4. The van der Waals surface area contributed by atoms with E-state index in [2.05, 4.69) is 6.58 Å². The van der Waals surface area contributed by atoms with E-state index in [9.17, 15) is 9.59 Å². The summed E-state index contributed by atoms with van der Waals surface area (Å²) < 4.78 is 0. The molecule has 0 aromatic carbocycles. The summed E-state index contributed by atoms with van der Waals surface area (Å²) in [5.74, 6) is -2.13. The lowest BCUT2D eigenvalue weighted by Crippen LogP contribution is -2.33. The molecule has 0 fully saturated rings. The van der Waals surface area contributed by atoms with E-state index in [4.69, 9.17) is 15.9 Å². The van der Waals surface area contributed by atoms with Crippen LogP contribution >= 0.6 is 11.8 Å². The molecular weight excluding hydrogens is 194 g/mol. The van der Waals surface area contributed by atoms with Crippen LogP contribution in [-0.2, 0) is 9.59 Å². The maximum atomic E-state index is 10.4. The molecule has 0 heterocycles. The van der Waals surface area contributed by atoms with Gasteiger partial charge >= 0.3 is 11.9 Å². The Morgan fingerprint density at radius 3 is 2.31 bits per heavy atom. The number of nitrogens with two attached hydrogens (primary N) is 1. The first-order valence-electron chi connectivity index (χ1n) is 3.44. The zero-order valence-electron chi connectivity index (χ0n) is 6.84. The minimum absolute atomic E-state index is 0.0539. The first kappa shape index (κ1) is 12.0. The molecule has 1 unspecified atom stereocenters. The first-order valence-corrected chi connectivity index (χ1v) is 4.49. The number of thioether (sulfide) groups is 1. The van der Waals surface area contributed by atoms with Crippen molar-refractivity contribution in [2.75, 3.05) is 5.75 Å². The van der Waals surface area contributed by atoms with E-state index in [1.165, 1.54) is 6.08 Å². The number of rotatable bonds is 6. The Morgan fingerprint density at radius 1 is 1.46 bits per heavy atom. The van der Waals surface area contributed by atoms with Gasteiger partial charge in [0.2, 0.25) is 0 Å². The summed E-state index contributed by atoms with van der Waals surface area (Å²) in [5, 5.41) is 16.1. The van der Waals surface area contributed by atoms with Gasteiger partial charge in [0, 0.05) is 5.75 Å². The van der Waals surface area contributed by atoms with Crippen LogP contribution in [-0.4, -0.2) is 39.2 Å². The van der Waals surface area contributed by atoms with Gasteiger partial charge in [0.25, 0.3) is 0 Å². The predicted octanol–water partition coefficient (Wildman–Crippen LogP) is -0.229. The zero-order chi connectivity index (χ0) is 10.4. The molecule has 4 N–H and O–H groups in total. The Kier molecular flexibility index (Phi) is 5.17. The monoisotopic (exact) mass is 205 g/mol. The number of aliphatic carboxylic acids is 2. The van der Waals surface area contributed by atoms with E-state index >= 15 is 0 Å². The van der Waals surface area contributed by atoms with E-state index in [0.717, 1.165) is 11.8 Å². The third kappa shape index (κ3) is 4.54. The van der Waals surface area contributed by atoms with Crippen molar-refractivity contribution in [3.63, 3.8) is 0 Å². The van der Waals surface area contributed by atoms with Crippen LogP contribution in [0.3, 0.4) is 0 Å². The standard InChI is InChI=1S/C7H11NO4S/c1-2-5(7(11)12)13-3-4(8)6(9)10/h2,4-5H,1,3,8H2,(H,9,10)(H,11,12)/t4-,5?/m0/s1. The highest BCUT2D eigenvalue weighted by Gasteiger charge is 2.18. The summed E-state index contributed by atoms with van der Waals surface area (Å²) in [6, 6.07) is -1.04. The lowest BCUT2D eigenvalue weighted by Gasteiger charge is -2.09. The molecule has 13 heavy (non-hydrogen) atoms. The summed E-state index contributed by atoms with van der Waals surface area (Å²) in [6.45, 7) is 3.32. The first-order chi connectivity index (χ1) is 5.99. The third-order valence-corrected chi connectivity index (χ3v) is 2.53. The van der Waals surface area contributed by atoms with Crippen molar-refractivity contribution in [3.8, 4) is 0 Å². The van der Waals surface area contributed by atoms with Crippen molar-refractivity contribution in [2.45, 2.75) is 11.3 Å². The van der Waals surface area contributed by atoms with E-state index in [1.54, 1.807) is 0 Å². The maximum Gasteiger partial charge on any atom is 0.321 e. The molecule has 0 aliphatic carbocycles. The fraction of sp³-hybridized carbons (Fsp3) is 0.429. The topological polar surface area (TPSA) is 101 Å². The van der Waals surface area contributed by atoms with E-state index < -0.39 is 23.2 Å². The molecule has 0 spiro atoms. The van der Waals surface area contributed by atoms with Crippen LogP contribution in [0.1, 0.15) is 0 Å². The Balaban J connectivity index is 3.92. The summed E-state index contributed by atoms with van der Waals surface area (Å²) in [7, 11) is 0. The molecule has 5 nitrogen and oxygen atoms in total. The summed E-state index contributed by atoms with van der Waals surface area (Å²) in [4.78, 5) is 20.7. The highest BCUT2D eigenvalue weighted by molar-refractivity contribution is 8.00. The van der Waals surface area contributed by atoms with Gasteiger partial charge in [-0.15, -0.1) is 18.3 Å². The summed E-state index contributed by atoms with van der Waals surface area (Å²) in [5.41, 5.74) is 5.17. The molecule has 74 valence electrons. The number of carboxylic acids is 2. The van der Waals surface area contributed by atoms with Crippen molar-refractivity contribution in [1.29, 1.82) is 0 Å². The molecule has 0 bridgehead atoms. The van der Waals surface area contributed by atoms with Crippen LogP contribution in [0.4, 0.5) is 0 Å². The minimum Gasteiger partial charge on any atom is -0.480 e. The van der Waals surface area contributed by atoms with E-state index in [0.29, 0.717) is 0 Å². The number of carbonyl (C=O) groups is 2. The second-order valence-corrected chi connectivity index (χ2v) is 3.45. The van der Waals surface area contributed by atoms with Gasteiger partial charge in [-0.2, -0.15) is 0 Å². The summed E-state index contributed by atoms with van der Waals surface area (Å²) >= 11 is 0.943. The van der Waals surface area contributed by atoms with Gasteiger partial charge in [-0.1, -0.05) is 6.08 Å². The SMILES string of the molecule is C=CC(SC[C@H](N)C(=O)O)C(=O)O. The zero-order valence-corrected chi connectivity index (χ0v) is 7.66. The molecule has 0 radical (unpaired) electrons. The van der Waals surface area contributed by atoms with E-state index in [-0.39, 0.29) is 5.75 Å². The Labute approximate surface area is 79.6 Å². The smallest absolute Gasteiger partial charge is 0.321 e. The quantitative estimate of drug-likeness (QED) is 0.518. The minimum atomic E-state index is -1.14. The fourth-order valence-corrected chi connectivity index (χ4v) is 1.35. The van der Waals surface area contributed by atoms with Gasteiger partial charge in [0.05, 0.1) is 0 Å². The Morgan fingerprint density at radius 2 is 2.00 bits per heavy atom. The van der Waals surface area contributed by atoms with Gasteiger partial charge in [0.1, 0.15) is 11.3 Å². The second-order valence-electron chi connectivity index (χ2n) is 2.27. The van der Waals surface area contributed by atoms with Gasteiger partial charge in [-0.3, -0.25) is 9.59 Å². The van der Waals surface area contributed by atoms with Crippen LogP contribution < -0.4 is 5.73 Å². The molecule has 0 aliphatic heterocycles. The lowest BCUT2D eigenvalue weighted by atomic mass is 10.4. The van der Waals surface area contributed by atoms with Gasteiger partial charge in [-0.05, 0) is 0 Å². The largest absolute Gasteiger partial charge is 0.480 e. The molecule has 0 aliphatic rings. The second kappa shape index (κ2) is 5.60. The van der Waals surface area contributed by atoms with Crippen LogP contribution in [0.2, 0.25) is 0 Å². The molecule has 0 saturated heterocycles. The lowest BCUT2D eigenvalue weighted by molar-refractivity contribution is -0.138. The molecule has 0 aromatic heterocycles. The van der Waals surface area contributed by atoms with Crippen molar-refractivity contribution in [2.24, 2.45) is 5.73 Å². The van der Waals surface area contributed by atoms with Crippen LogP contribution in [0.5, 0.6) is 0 Å². The van der Waals surface area contributed by atoms with Crippen molar-refractivity contribution < 1.29 is 19.8 Å². The Bertz CT molecular complexity index is 219. The molecule has 2 atom stereocenters. The van der Waals surface area contributed by atoms with Crippen molar-refractivity contribution in [1.82, 2.24) is 0 Å². The third-order valence-electron chi connectivity index (χ3n) is 1.23. The summed E-state index contributed by atoms with van der Waals surface area (Å²) in [6.07, 6.45) is 1.24. The molecular formula is C7H11NO4S. The average Bonchev–Trinajstić information content (AvgIpc) is 2.04. The van der Waals surface area contributed by atoms with E-state index in [1.807, 2.05) is 0 Å². The predicted molar refractivity (Wildman–Crippen MR) is 49.7 cm³/mol. The van der Waals surface area contributed by atoms with Gasteiger partial charge < -0.3 is 15.9 Å². The highest BCUT2D eigenvalue weighted by atomic mass is 32.2. The van der Waals surface area contributed by atoms with Crippen molar-refractivity contribution in [3.05, 3.63) is 12.7 Å². The number of carboxylic acid groups (broad SMARTS) is 2. The molecule has 0 saturated carbocycles. The normalized spacial score (nSPS) is 14.5. The fourth-order valence-electron chi connectivity index (χ4n) is 0.519. The Hall–Kier alpha value is -1.01. The van der Waals surface area contributed by atoms with Gasteiger partial charge in [0.15, 0.2) is 0 Å². The number of hydrogen-bond acceptors (Lipinski definition) is 4. The van der Waals surface area contributed by atoms with Crippen LogP contribution in [0.15, 0.2) is 12.7 Å². The molecule has 0 aromatic rings. The van der Waals surface area contributed by atoms with Gasteiger partial charge in [-0.25, -0.2) is 0 Å². The van der Waals surface area contributed by atoms with Crippen LogP contribution in [0, 0.1) is 0 Å². The van der Waals surface area contributed by atoms with Crippen molar-refractivity contribution >= 4 is 23.7 Å². The molecule has 0 amide bonds.